The Labute approximate surface area is 88.5 Å². The van der Waals surface area contributed by atoms with E-state index in [-0.39, 0.29) is 29.6 Å². The van der Waals surface area contributed by atoms with E-state index in [1.807, 2.05) is 18.2 Å². The molecule has 0 aliphatic rings. The summed E-state index contributed by atoms with van der Waals surface area (Å²) in [4.78, 5) is 0. The quantitative estimate of drug-likeness (QED) is 0.518. The third kappa shape index (κ3) is 4.43. The van der Waals surface area contributed by atoms with Crippen molar-refractivity contribution in [2.45, 2.75) is 13.2 Å². The average molecular weight is 161 g/mol. The van der Waals surface area contributed by atoms with Gasteiger partial charge in [-0.15, -0.1) is 0 Å². The molecule has 2 nitrogen and oxygen atoms in total. The van der Waals surface area contributed by atoms with Crippen molar-refractivity contribution in [3.05, 3.63) is 30.3 Å². The van der Waals surface area contributed by atoms with Gasteiger partial charge in [0.1, 0.15) is 5.75 Å². The van der Waals surface area contributed by atoms with Crippen LogP contribution in [0.4, 0.5) is 0 Å². The van der Waals surface area contributed by atoms with Crippen LogP contribution in [0, 0.1) is 0 Å². The van der Waals surface area contributed by atoms with Crippen LogP contribution in [-0.2, 0) is 0 Å². The fourth-order valence-corrected chi connectivity index (χ4v) is 0.696. The fraction of sp³-hybridized carbons (Fsp3) is 0.250. The molecule has 0 saturated carbocycles. The van der Waals surface area contributed by atoms with Crippen LogP contribution in [0.15, 0.2) is 30.3 Å². The first-order valence-electron chi connectivity index (χ1n) is 3.19. The predicted molar refractivity (Wildman–Crippen MR) is 44.5 cm³/mol. The van der Waals surface area contributed by atoms with Gasteiger partial charge in [0.05, 0.1) is 0 Å². The first-order chi connectivity index (χ1) is 4.79. The Hall–Kier alpha value is -0.0200. The van der Waals surface area contributed by atoms with Crippen molar-refractivity contribution in [3.63, 3.8) is 0 Å². The summed E-state index contributed by atoms with van der Waals surface area (Å²) >= 11 is 0. The van der Waals surface area contributed by atoms with Gasteiger partial charge >= 0.3 is 0 Å². The molecule has 0 spiro atoms. The molecule has 0 bridgehead atoms. The van der Waals surface area contributed by atoms with E-state index in [1.54, 1.807) is 19.1 Å². The molecule has 0 aliphatic heterocycles. The molecule has 0 fully saturated rings. The molecule has 0 aliphatic carbocycles. The summed E-state index contributed by atoms with van der Waals surface area (Å²) in [5, 5.41) is 8.78. The maximum absolute atomic E-state index is 8.78. The van der Waals surface area contributed by atoms with E-state index in [0.29, 0.717) is 5.75 Å². The summed E-state index contributed by atoms with van der Waals surface area (Å²) < 4.78 is 4.97. The number of rotatable bonds is 2. The second kappa shape index (κ2) is 5.61. The van der Waals surface area contributed by atoms with Gasteiger partial charge in [0.25, 0.3) is 0 Å². The molecule has 1 unspecified atom stereocenters. The van der Waals surface area contributed by atoms with Crippen LogP contribution < -0.4 is 4.74 Å². The summed E-state index contributed by atoms with van der Waals surface area (Å²) in [6, 6.07) is 9.21. The van der Waals surface area contributed by atoms with E-state index in [2.05, 4.69) is 0 Å². The van der Waals surface area contributed by atoms with Gasteiger partial charge in [0.15, 0.2) is 6.29 Å². The molecule has 0 saturated heterocycles. The van der Waals surface area contributed by atoms with Crippen molar-refractivity contribution in [1.82, 2.24) is 0 Å². The van der Waals surface area contributed by atoms with Crippen LogP contribution >= 0.6 is 0 Å². The predicted octanol–water partition coefficient (Wildman–Crippen LogP) is 1.02. The molecule has 1 radical (unpaired) electrons. The van der Waals surface area contributed by atoms with Gasteiger partial charge in [-0.1, -0.05) is 18.2 Å². The Kier molecular flexibility index (Phi) is 5.60. The summed E-state index contributed by atoms with van der Waals surface area (Å²) in [6.07, 6.45) is -0.734. The van der Waals surface area contributed by atoms with E-state index >= 15 is 0 Å². The number of benzene rings is 1. The number of hydrogen-bond donors (Lipinski definition) is 1. The minimum atomic E-state index is -0.734. The van der Waals surface area contributed by atoms with Crippen LogP contribution in [0.1, 0.15) is 6.92 Å². The molecule has 3 heteroatoms. The molecule has 1 aromatic carbocycles. The molecule has 0 aromatic heterocycles. The van der Waals surface area contributed by atoms with E-state index < -0.39 is 6.29 Å². The minimum Gasteiger partial charge on any atom is -0.465 e. The summed E-state index contributed by atoms with van der Waals surface area (Å²) in [5.74, 6) is 0.692. The number of ether oxygens (including phenoxy) is 1. The number of hydrogen-bond acceptors (Lipinski definition) is 2. The van der Waals surface area contributed by atoms with Crippen LogP contribution in [0.3, 0.4) is 0 Å². The maximum Gasteiger partial charge on any atom is 0.194 e. The standard InChI is InChI=1S/C8H10O2.Na/c1-7(9)10-8-5-3-2-4-6-8;/h2-7,9H,1H3;. The molecular formula is C8H10NaO2. The zero-order valence-electron chi connectivity index (χ0n) is 6.82. The smallest absolute Gasteiger partial charge is 0.194 e. The largest absolute Gasteiger partial charge is 0.465 e. The molecule has 0 amide bonds. The van der Waals surface area contributed by atoms with Gasteiger partial charge in [-0.3, -0.25) is 0 Å². The van der Waals surface area contributed by atoms with E-state index in [4.69, 9.17) is 9.84 Å². The maximum atomic E-state index is 8.78. The second-order valence-electron chi connectivity index (χ2n) is 2.03. The van der Waals surface area contributed by atoms with Gasteiger partial charge in [-0.05, 0) is 19.1 Å². The van der Waals surface area contributed by atoms with Gasteiger partial charge in [-0.25, -0.2) is 0 Å². The molecule has 1 N–H and O–H groups in total. The van der Waals surface area contributed by atoms with Crippen LogP contribution in [0.25, 0.3) is 0 Å². The molecular weight excluding hydrogens is 151 g/mol. The molecule has 1 aromatic rings. The van der Waals surface area contributed by atoms with E-state index in [9.17, 15) is 0 Å². The zero-order valence-corrected chi connectivity index (χ0v) is 8.82. The van der Waals surface area contributed by atoms with Gasteiger partial charge in [0, 0.05) is 29.6 Å². The fourth-order valence-electron chi connectivity index (χ4n) is 0.696. The third-order valence-electron chi connectivity index (χ3n) is 1.05. The summed E-state index contributed by atoms with van der Waals surface area (Å²) in [5.41, 5.74) is 0. The van der Waals surface area contributed by atoms with Crippen LogP contribution in [0.2, 0.25) is 0 Å². The zero-order chi connectivity index (χ0) is 7.40. The van der Waals surface area contributed by atoms with Crippen molar-refractivity contribution in [2.24, 2.45) is 0 Å². The van der Waals surface area contributed by atoms with Gasteiger partial charge < -0.3 is 9.84 Å². The first kappa shape index (κ1) is 11.0. The molecule has 1 atom stereocenters. The van der Waals surface area contributed by atoms with Crippen LogP contribution in [-0.4, -0.2) is 41.0 Å². The Morgan fingerprint density at radius 2 is 1.82 bits per heavy atom. The SMILES string of the molecule is CC(O)Oc1ccccc1.[Na]. The Morgan fingerprint density at radius 3 is 2.27 bits per heavy atom. The Morgan fingerprint density at radius 1 is 1.27 bits per heavy atom. The van der Waals surface area contributed by atoms with Gasteiger partial charge in [-0.2, -0.15) is 0 Å². The monoisotopic (exact) mass is 161 g/mol. The number of aliphatic hydroxyl groups is 1. The average Bonchev–Trinajstić information content (AvgIpc) is 1.88. The minimum absolute atomic E-state index is 0. The molecule has 55 valence electrons. The third-order valence-corrected chi connectivity index (χ3v) is 1.05. The molecule has 11 heavy (non-hydrogen) atoms. The normalized spacial score (nSPS) is 11.5. The van der Waals surface area contributed by atoms with Crippen molar-refractivity contribution >= 4 is 29.6 Å². The van der Waals surface area contributed by atoms with Gasteiger partial charge in [0.2, 0.25) is 0 Å². The van der Waals surface area contributed by atoms with Crippen molar-refractivity contribution < 1.29 is 9.84 Å². The second-order valence-corrected chi connectivity index (χ2v) is 2.03. The van der Waals surface area contributed by atoms with Crippen molar-refractivity contribution in [3.8, 4) is 5.75 Å². The Bertz CT molecular complexity index is 187. The molecule has 0 heterocycles. The van der Waals surface area contributed by atoms with Crippen molar-refractivity contribution in [2.75, 3.05) is 0 Å². The number of aliphatic hydroxyl groups excluding tert-OH is 1. The Balaban J connectivity index is 0.000001000. The number of para-hydroxylation sites is 1. The first-order valence-corrected chi connectivity index (χ1v) is 3.19. The summed E-state index contributed by atoms with van der Waals surface area (Å²) in [6.45, 7) is 1.58. The molecule has 1 rings (SSSR count). The summed E-state index contributed by atoms with van der Waals surface area (Å²) in [7, 11) is 0. The van der Waals surface area contributed by atoms with Crippen molar-refractivity contribution in [1.29, 1.82) is 0 Å². The van der Waals surface area contributed by atoms with Crippen LogP contribution in [0.5, 0.6) is 5.75 Å². The topological polar surface area (TPSA) is 29.5 Å². The van der Waals surface area contributed by atoms with E-state index in [0.717, 1.165) is 0 Å². The van der Waals surface area contributed by atoms with E-state index in [1.165, 1.54) is 0 Å².